The summed E-state index contributed by atoms with van der Waals surface area (Å²) in [6.07, 6.45) is 0. The van der Waals surface area contributed by atoms with E-state index in [4.69, 9.17) is 9.47 Å². The number of benzene rings is 8. The van der Waals surface area contributed by atoms with Gasteiger partial charge in [0, 0.05) is 0 Å². The number of hydrogen-bond acceptors (Lipinski definition) is 2. The van der Waals surface area contributed by atoms with Crippen molar-refractivity contribution in [1.82, 2.24) is 0 Å². The van der Waals surface area contributed by atoms with E-state index in [1.54, 1.807) is 0 Å². The molecule has 0 atom stereocenters. The molecule has 4 heterocycles. The maximum atomic E-state index is 6.69. The predicted octanol–water partition coefficient (Wildman–Crippen LogP) is 7.02. The van der Waals surface area contributed by atoms with Crippen molar-refractivity contribution in [3.8, 4) is 45.3 Å². The molecule has 4 aliphatic rings. The van der Waals surface area contributed by atoms with Gasteiger partial charge in [-0.2, -0.15) is 0 Å². The highest BCUT2D eigenvalue weighted by Gasteiger charge is 2.43. The molecule has 4 aliphatic heterocycles. The van der Waals surface area contributed by atoms with Crippen LogP contribution in [0.1, 0.15) is 22.3 Å². The van der Waals surface area contributed by atoms with Gasteiger partial charge in [-0.05, 0) is 151 Å². The summed E-state index contributed by atoms with van der Waals surface area (Å²) < 4.78 is 13.4. The third-order valence-electron chi connectivity index (χ3n) is 11.7. The van der Waals surface area contributed by atoms with Gasteiger partial charge in [0.25, 0.3) is 13.4 Å². The summed E-state index contributed by atoms with van der Waals surface area (Å²) in [7, 11) is 0. The Morgan fingerprint density at radius 1 is 0.354 bits per heavy atom. The number of fused-ring (bicyclic) bond motifs is 8. The molecule has 0 saturated heterocycles. The van der Waals surface area contributed by atoms with Crippen LogP contribution in [-0.4, -0.2) is 13.4 Å². The number of hydrogen-bond donors (Lipinski definition) is 0. The van der Waals surface area contributed by atoms with E-state index in [-0.39, 0.29) is 13.4 Å². The van der Waals surface area contributed by atoms with Gasteiger partial charge < -0.3 is 9.47 Å². The Morgan fingerprint density at radius 3 is 1.25 bits per heavy atom. The first-order chi connectivity index (χ1) is 23.4. The van der Waals surface area contributed by atoms with Gasteiger partial charge in [0.05, 0.1) is 0 Å². The highest BCUT2D eigenvalue weighted by atomic mass is 16.5. The molecule has 0 aromatic heterocycles. The van der Waals surface area contributed by atoms with Crippen LogP contribution < -0.4 is 42.3 Å². The lowest BCUT2D eigenvalue weighted by Crippen LogP contribution is -2.58. The second-order valence-corrected chi connectivity index (χ2v) is 14.7. The Hall–Kier alpha value is -5.47. The fourth-order valence-electron chi connectivity index (χ4n) is 9.87. The zero-order valence-electron chi connectivity index (χ0n) is 27.2. The maximum absolute atomic E-state index is 6.69. The van der Waals surface area contributed by atoms with Crippen molar-refractivity contribution in [3.05, 3.63) is 119 Å². The Bertz CT molecular complexity index is 2650. The fourth-order valence-corrected chi connectivity index (χ4v) is 9.87. The minimum absolute atomic E-state index is 0.116. The van der Waals surface area contributed by atoms with Gasteiger partial charge in [-0.3, -0.25) is 0 Å². The van der Waals surface area contributed by atoms with Crippen LogP contribution in [0.15, 0.2) is 97.1 Å². The van der Waals surface area contributed by atoms with Crippen LogP contribution in [0.2, 0.25) is 0 Å². The first-order valence-corrected chi connectivity index (χ1v) is 17.1. The van der Waals surface area contributed by atoms with E-state index in [9.17, 15) is 0 Å². The van der Waals surface area contributed by atoms with Crippen molar-refractivity contribution in [3.63, 3.8) is 0 Å². The molecule has 8 aromatic carbocycles. The Kier molecular flexibility index (Phi) is 4.44. The Labute approximate surface area is 279 Å². The molecular weight excluding hydrogens is 582 g/mol. The largest absolute Gasteiger partial charge is 0.458 e. The topological polar surface area (TPSA) is 18.5 Å². The highest BCUT2D eigenvalue weighted by molar-refractivity contribution is 7.01. The van der Waals surface area contributed by atoms with Crippen molar-refractivity contribution in [2.24, 2.45) is 0 Å². The first-order valence-electron chi connectivity index (χ1n) is 17.1. The van der Waals surface area contributed by atoms with Gasteiger partial charge >= 0.3 is 0 Å². The van der Waals surface area contributed by atoms with Gasteiger partial charge in [-0.1, -0.05) is 83.7 Å². The van der Waals surface area contributed by atoms with Crippen LogP contribution in [0.4, 0.5) is 0 Å². The normalized spacial score (nSPS) is 14.1. The summed E-state index contributed by atoms with van der Waals surface area (Å²) in [5, 5.41) is 8.19. The standard InChI is InChI=1S/C44H28B2O2/c1-21-5-11-31-35(15-21)47-37-17-23(3)13-29-27-9-8-26-20-34-42-28(10-7-25-19-33(45(31)43(29)37)41(27)39(26)40(25)42)30-14-24(4)18-38-44(30)46(34)32-12-6-22(2)16-36(32)48-38/h5-20H,1-4H3. The van der Waals surface area contributed by atoms with Gasteiger partial charge in [-0.15, -0.1) is 0 Å². The third-order valence-corrected chi connectivity index (χ3v) is 11.7. The van der Waals surface area contributed by atoms with E-state index >= 15 is 0 Å². The summed E-state index contributed by atoms with van der Waals surface area (Å²) in [6, 6.07) is 37.2. The number of aryl methyl sites for hydroxylation is 4. The monoisotopic (exact) mass is 610 g/mol. The van der Waals surface area contributed by atoms with Crippen molar-refractivity contribution < 1.29 is 9.47 Å². The van der Waals surface area contributed by atoms with Crippen LogP contribution in [-0.2, 0) is 0 Å². The number of rotatable bonds is 0. The second-order valence-electron chi connectivity index (χ2n) is 14.7. The molecule has 0 unspecified atom stereocenters. The van der Waals surface area contributed by atoms with Crippen LogP contribution in [0, 0.1) is 27.7 Å². The molecule has 4 heteroatoms. The summed E-state index contributed by atoms with van der Waals surface area (Å²) in [5.74, 6) is 3.94. The molecule has 2 nitrogen and oxygen atoms in total. The molecule has 0 spiro atoms. The summed E-state index contributed by atoms with van der Waals surface area (Å²) in [6.45, 7) is 8.92. The van der Waals surface area contributed by atoms with Crippen molar-refractivity contribution in [2.75, 3.05) is 0 Å². The van der Waals surface area contributed by atoms with Crippen molar-refractivity contribution >= 4 is 78.5 Å². The maximum Gasteiger partial charge on any atom is 0.252 e. The summed E-state index contributed by atoms with van der Waals surface area (Å²) >= 11 is 0. The molecule has 0 radical (unpaired) electrons. The molecule has 48 heavy (non-hydrogen) atoms. The van der Waals surface area contributed by atoms with E-state index in [0.717, 1.165) is 23.0 Å². The second kappa shape index (κ2) is 8.32. The third kappa shape index (κ3) is 2.95. The molecule has 0 aliphatic carbocycles. The number of ether oxygens (including phenoxy) is 2. The minimum atomic E-state index is 0.116. The molecule has 0 fully saturated rings. The molecule has 0 N–H and O–H groups in total. The van der Waals surface area contributed by atoms with Crippen molar-refractivity contribution in [1.29, 1.82) is 0 Å². The average molecular weight is 610 g/mol. The Balaban J connectivity index is 1.26. The minimum Gasteiger partial charge on any atom is -0.458 e. The van der Waals surface area contributed by atoms with E-state index in [2.05, 4.69) is 125 Å². The van der Waals surface area contributed by atoms with Crippen LogP contribution in [0.25, 0.3) is 54.6 Å². The molecular formula is C44H28B2O2. The Morgan fingerprint density at radius 2 is 0.792 bits per heavy atom. The smallest absolute Gasteiger partial charge is 0.252 e. The van der Waals surface area contributed by atoms with Gasteiger partial charge in [0.1, 0.15) is 23.0 Å². The van der Waals surface area contributed by atoms with Gasteiger partial charge in [0.2, 0.25) is 0 Å². The predicted molar refractivity (Wildman–Crippen MR) is 202 cm³/mol. The lowest BCUT2D eigenvalue weighted by Gasteiger charge is -2.36. The molecule has 0 saturated carbocycles. The molecule has 0 amide bonds. The summed E-state index contributed by atoms with van der Waals surface area (Å²) in [5.41, 5.74) is 18.0. The van der Waals surface area contributed by atoms with Crippen molar-refractivity contribution in [2.45, 2.75) is 27.7 Å². The molecule has 8 aromatic rings. The molecule has 222 valence electrons. The SMILES string of the molecule is Cc1ccc2c(c1)Oc1cc(C)cc3c1B2c1cc2ccc4c5c(cc6ccc-3c1c6c25)B1c2ccc(C)cc2Oc2cc(C)cc-4c21. The van der Waals surface area contributed by atoms with E-state index < -0.39 is 0 Å². The highest BCUT2D eigenvalue weighted by Crippen LogP contribution is 2.46. The van der Waals surface area contributed by atoms with Crippen LogP contribution in [0.5, 0.6) is 23.0 Å². The molecule has 0 bridgehead atoms. The average Bonchev–Trinajstić information content (AvgIpc) is 3.07. The fraction of sp³-hybridized carbons (Fsp3) is 0.0909. The summed E-state index contributed by atoms with van der Waals surface area (Å²) in [4.78, 5) is 0. The lowest BCUT2D eigenvalue weighted by atomic mass is 9.32. The molecule has 12 rings (SSSR count). The quantitative estimate of drug-likeness (QED) is 0.136. The van der Waals surface area contributed by atoms with E-state index in [1.165, 1.54) is 110 Å². The van der Waals surface area contributed by atoms with Gasteiger partial charge in [0.15, 0.2) is 0 Å². The van der Waals surface area contributed by atoms with E-state index in [1.807, 2.05) is 0 Å². The van der Waals surface area contributed by atoms with E-state index in [0.29, 0.717) is 0 Å². The lowest BCUT2D eigenvalue weighted by molar-refractivity contribution is 0.486. The van der Waals surface area contributed by atoms with Crippen LogP contribution in [0.3, 0.4) is 0 Å². The first kappa shape index (κ1) is 25.6. The van der Waals surface area contributed by atoms with Gasteiger partial charge in [-0.25, -0.2) is 0 Å². The zero-order chi connectivity index (χ0) is 31.7. The van der Waals surface area contributed by atoms with Crippen LogP contribution >= 0.6 is 0 Å². The zero-order valence-corrected chi connectivity index (χ0v) is 27.2.